The van der Waals surface area contributed by atoms with Gasteiger partial charge in [-0.25, -0.2) is 9.18 Å². The molecule has 4 unspecified atom stereocenters. The van der Waals surface area contributed by atoms with Crippen LogP contribution >= 0.6 is 0 Å². The molecule has 0 amide bonds. The summed E-state index contributed by atoms with van der Waals surface area (Å²) in [5.74, 6) is 0.945. The number of hydrogen-bond acceptors (Lipinski definition) is 3. The van der Waals surface area contributed by atoms with Gasteiger partial charge in [0.05, 0.1) is 12.7 Å². The van der Waals surface area contributed by atoms with E-state index in [1.54, 1.807) is 6.07 Å². The quantitative estimate of drug-likeness (QED) is 0.679. The number of rotatable bonds is 4. The minimum atomic E-state index is -0.517. The van der Waals surface area contributed by atoms with Crippen LogP contribution in [0.1, 0.15) is 30.1 Å². The van der Waals surface area contributed by atoms with Gasteiger partial charge in [0.15, 0.2) is 0 Å². The molecule has 2 aliphatic carbocycles. The largest absolute Gasteiger partial charge is 0.465 e. The minimum Gasteiger partial charge on any atom is -0.465 e. The number of halogens is 1. The van der Waals surface area contributed by atoms with E-state index in [1.807, 2.05) is 0 Å². The number of ether oxygens (including phenoxy) is 1. The first-order chi connectivity index (χ1) is 10.1. The molecule has 112 valence electrons. The number of nitrogens with one attached hydrogen (secondary N) is 1. The average molecular weight is 289 g/mol. The van der Waals surface area contributed by atoms with E-state index in [4.69, 9.17) is 4.74 Å². The molecule has 0 aromatic heterocycles. The second kappa shape index (κ2) is 5.51. The third kappa shape index (κ3) is 2.67. The van der Waals surface area contributed by atoms with Gasteiger partial charge in [-0.15, -0.1) is 0 Å². The Bertz CT molecular complexity index is 584. The van der Waals surface area contributed by atoms with Crippen molar-refractivity contribution in [3.05, 3.63) is 41.7 Å². The number of methoxy groups -OCH3 is 1. The van der Waals surface area contributed by atoms with E-state index in [0.717, 1.165) is 0 Å². The second-order valence-corrected chi connectivity index (χ2v) is 6.06. The Hall–Kier alpha value is -1.84. The van der Waals surface area contributed by atoms with Crippen molar-refractivity contribution in [3.63, 3.8) is 0 Å². The van der Waals surface area contributed by atoms with Crippen molar-refractivity contribution in [2.45, 2.75) is 25.8 Å². The number of esters is 1. The summed E-state index contributed by atoms with van der Waals surface area (Å²) in [5.41, 5.74) is 0.894. The molecule has 3 rings (SSSR count). The lowest BCUT2D eigenvalue weighted by Crippen LogP contribution is -2.29. The Morgan fingerprint density at radius 2 is 2.19 bits per heavy atom. The molecule has 2 bridgehead atoms. The van der Waals surface area contributed by atoms with Crippen LogP contribution in [0.4, 0.5) is 10.1 Å². The summed E-state index contributed by atoms with van der Waals surface area (Å²) < 4.78 is 18.1. The van der Waals surface area contributed by atoms with Crippen molar-refractivity contribution < 1.29 is 13.9 Å². The van der Waals surface area contributed by atoms with E-state index >= 15 is 0 Å². The monoisotopic (exact) mass is 289 g/mol. The SMILES string of the molecule is COC(=O)c1cc(F)ccc1NC(C)C1CC2C=CC1C2. The van der Waals surface area contributed by atoms with Gasteiger partial charge in [0, 0.05) is 11.7 Å². The third-order valence-electron chi connectivity index (χ3n) is 4.74. The molecule has 3 nitrogen and oxygen atoms in total. The highest BCUT2D eigenvalue weighted by Crippen LogP contribution is 2.45. The Balaban J connectivity index is 1.78. The van der Waals surface area contributed by atoms with Crippen LogP contribution in [-0.2, 0) is 4.74 Å². The molecule has 0 radical (unpaired) electrons. The molecule has 2 aliphatic rings. The maximum atomic E-state index is 13.4. The van der Waals surface area contributed by atoms with Crippen molar-refractivity contribution in [3.8, 4) is 0 Å². The lowest BCUT2D eigenvalue weighted by molar-refractivity contribution is 0.0601. The summed E-state index contributed by atoms with van der Waals surface area (Å²) in [6, 6.07) is 4.43. The van der Waals surface area contributed by atoms with Crippen LogP contribution in [0.2, 0.25) is 0 Å². The summed E-state index contributed by atoms with van der Waals surface area (Å²) in [6.07, 6.45) is 7.04. The van der Waals surface area contributed by atoms with E-state index < -0.39 is 11.8 Å². The van der Waals surface area contributed by atoms with Gasteiger partial charge < -0.3 is 10.1 Å². The summed E-state index contributed by atoms with van der Waals surface area (Å²) >= 11 is 0. The van der Waals surface area contributed by atoms with Crippen LogP contribution in [0.3, 0.4) is 0 Å². The molecule has 1 saturated carbocycles. The number of anilines is 1. The van der Waals surface area contributed by atoms with Crippen LogP contribution in [0, 0.1) is 23.6 Å². The molecular formula is C17H20FNO2. The standard InChI is InChI=1S/C17H20FNO2/c1-10(14-8-11-3-4-12(14)7-11)19-16-6-5-13(18)9-15(16)17(20)21-2/h3-6,9-12,14,19H,7-8H2,1-2H3. The molecule has 1 aromatic rings. The zero-order chi connectivity index (χ0) is 15.0. The Labute approximate surface area is 124 Å². The van der Waals surface area contributed by atoms with Crippen LogP contribution < -0.4 is 5.32 Å². The number of carbonyl (C=O) groups excluding carboxylic acids is 1. The van der Waals surface area contributed by atoms with Crippen LogP contribution in [0.25, 0.3) is 0 Å². The highest BCUT2D eigenvalue weighted by atomic mass is 19.1. The molecule has 0 aliphatic heterocycles. The maximum absolute atomic E-state index is 13.4. The van der Waals surface area contributed by atoms with Crippen molar-refractivity contribution in [1.82, 2.24) is 0 Å². The Morgan fingerprint density at radius 3 is 2.81 bits per heavy atom. The zero-order valence-electron chi connectivity index (χ0n) is 12.3. The lowest BCUT2D eigenvalue weighted by atomic mass is 9.87. The third-order valence-corrected chi connectivity index (χ3v) is 4.74. The summed E-state index contributed by atoms with van der Waals surface area (Å²) in [6.45, 7) is 2.13. The highest BCUT2D eigenvalue weighted by molar-refractivity contribution is 5.95. The fourth-order valence-electron chi connectivity index (χ4n) is 3.67. The van der Waals surface area contributed by atoms with Crippen LogP contribution in [0.5, 0.6) is 0 Å². The number of benzene rings is 1. The number of fused-ring (bicyclic) bond motifs is 2. The smallest absolute Gasteiger partial charge is 0.340 e. The molecular weight excluding hydrogens is 269 g/mol. The van der Waals surface area contributed by atoms with Crippen molar-refractivity contribution in [2.24, 2.45) is 17.8 Å². The normalized spacial score (nSPS) is 27.7. The summed E-state index contributed by atoms with van der Waals surface area (Å²) in [7, 11) is 1.31. The van der Waals surface area contributed by atoms with Gasteiger partial charge in [-0.1, -0.05) is 12.2 Å². The van der Waals surface area contributed by atoms with Gasteiger partial charge in [-0.3, -0.25) is 0 Å². The molecule has 0 saturated heterocycles. The van der Waals surface area contributed by atoms with Gasteiger partial charge >= 0.3 is 5.97 Å². The molecule has 1 aromatic carbocycles. The predicted octanol–water partition coefficient (Wildman–Crippen LogP) is 3.62. The van der Waals surface area contributed by atoms with E-state index in [2.05, 4.69) is 24.4 Å². The van der Waals surface area contributed by atoms with Gasteiger partial charge in [-0.2, -0.15) is 0 Å². The number of allylic oxidation sites excluding steroid dienone is 2. The first-order valence-electron chi connectivity index (χ1n) is 7.41. The van der Waals surface area contributed by atoms with Gasteiger partial charge in [0.1, 0.15) is 5.82 Å². The fourth-order valence-corrected chi connectivity index (χ4v) is 3.67. The molecule has 1 N–H and O–H groups in total. The molecule has 4 atom stereocenters. The zero-order valence-corrected chi connectivity index (χ0v) is 12.3. The lowest BCUT2D eigenvalue weighted by Gasteiger charge is -2.27. The van der Waals surface area contributed by atoms with Gasteiger partial charge in [-0.05, 0) is 55.7 Å². The number of hydrogen-bond donors (Lipinski definition) is 1. The van der Waals surface area contributed by atoms with Gasteiger partial charge in [0.2, 0.25) is 0 Å². The van der Waals surface area contributed by atoms with E-state index in [0.29, 0.717) is 23.4 Å². The molecule has 0 spiro atoms. The molecule has 21 heavy (non-hydrogen) atoms. The Morgan fingerprint density at radius 1 is 1.38 bits per heavy atom. The van der Waals surface area contributed by atoms with Crippen molar-refractivity contribution >= 4 is 11.7 Å². The molecule has 1 fully saturated rings. The first kappa shape index (κ1) is 14.1. The molecule has 4 heteroatoms. The minimum absolute atomic E-state index is 0.235. The predicted molar refractivity (Wildman–Crippen MR) is 79.7 cm³/mol. The van der Waals surface area contributed by atoms with Crippen molar-refractivity contribution in [1.29, 1.82) is 0 Å². The second-order valence-electron chi connectivity index (χ2n) is 6.06. The first-order valence-corrected chi connectivity index (χ1v) is 7.41. The fraction of sp³-hybridized carbons (Fsp3) is 0.471. The van der Waals surface area contributed by atoms with Crippen LogP contribution in [-0.4, -0.2) is 19.1 Å². The van der Waals surface area contributed by atoms with Gasteiger partial charge in [0.25, 0.3) is 0 Å². The summed E-state index contributed by atoms with van der Waals surface area (Å²) in [4.78, 5) is 11.8. The van der Waals surface area contributed by atoms with Crippen molar-refractivity contribution in [2.75, 3.05) is 12.4 Å². The topological polar surface area (TPSA) is 38.3 Å². The number of carbonyl (C=O) groups is 1. The van der Waals surface area contributed by atoms with Crippen LogP contribution in [0.15, 0.2) is 30.4 Å². The highest BCUT2D eigenvalue weighted by Gasteiger charge is 2.38. The average Bonchev–Trinajstić information content (AvgIpc) is 3.11. The van der Waals surface area contributed by atoms with E-state index in [-0.39, 0.29) is 11.6 Å². The maximum Gasteiger partial charge on any atom is 0.340 e. The summed E-state index contributed by atoms with van der Waals surface area (Å²) in [5, 5.41) is 3.38. The van der Waals surface area contributed by atoms with E-state index in [9.17, 15) is 9.18 Å². The Kier molecular flexibility index (Phi) is 3.70. The molecule has 0 heterocycles. The van der Waals surface area contributed by atoms with E-state index in [1.165, 1.54) is 32.1 Å².